The number of ether oxygens (including phenoxy) is 1. The average molecular weight is 302 g/mol. The molecule has 1 amide bonds. The number of alkyl halides is 3. The number of pyridine rings is 1. The molecule has 0 aromatic carbocycles. The van der Waals surface area contributed by atoms with Crippen LogP contribution in [-0.4, -0.2) is 30.6 Å². The number of aromatic nitrogens is 1. The van der Waals surface area contributed by atoms with Gasteiger partial charge in [-0.15, -0.1) is 0 Å². The van der Waals surface area contributed by atoms with Crippen LogP contribution >= 0.6 is 0 Å². The number of hydrogen-bond acceptors (Lipinski definition) is 3. The van der Waals surface area contributed by atoms with E-state index in [9.17, 15) is 18.0 Å². The number of halogens is 3. The van der Waals surface area contributed by atoms with Gasteiger partial charge >= 0.3 is 6.18 Å². The van der Waals surface area contributed by atoms with Crippen molar-refractivity contribution in [2.75, 3.05) is 19.8 Å². The first kappa shape index (κ1) is 15.8. The van der Waals surface area contributed by atoms with Crippen LogP contribution in [0.3, 0.4) is 0 Å². The lowest BCUT2D eigenvalue weighted by molar-refractivity contribution is -0.141. The Hall–Kier alpha value is -1.63. The minimum Gasteiger partial charge on any atom is -0.381 e. The van der Waals surface area contributed by atoms with Gasteiger partial charge in [-0.1, -0.05) is 0 Å². The van der Waals surface area contributed by atoms with Crippen molar-refractivity contribution in [1.82, 2.24) is 10.3 Å². The second-order valence-electron chi connectivity index (χ2n) is 5.06. The summed E-state index contributed by atoms with van der Waals surface area (Å²) in [5.74, 6) is 0.274. The van der Waals surface area contributed by atoms with Crippen LogP contribution in [0.15, 0.2) is 18.3 Å². The van der Waals surface area contributed by atoms with Crippen molar-refractivity contribution in [1.29, 1.82) is 0 Å². The Morgan fingerprint density at radius 3 is 2.71 bits per heavy atom. The van der Waals surface area contributed by atoms with E-state index in [1.807, 2.05) is 0 Å². The molecule has 0 atom stereocenters. The summed E-state index contributed by atoms with van der Waals surface area (Å²) < 4.78 is 42.4. The van der Waals surface area contributed by atoms with E-state index in [0.717, 1.165) is 24.9 Å². The van der Waals surface area contributed by atoms with Gasteiger partial charge in [-0.25, -0.2) is 0 Å². The fourth-order valence-corrected chi connectivity index (χ4v) is 1.71. The van der Waals surface area contributed by atoms with Crippen molar-refractivity contribution < 1.29 is 22.7 Å². The molecule has 1 saturated carbocycles. The van der Waals surface area contributed by atoms with Crippen LogP contribution < -0.4 is 5.32 Å². The maximum absolute atomic E-state index is 12.3. The predicted octanol–water partition coefficient (Wildman–Crippen LogP) is 2.65. The molecule has 0 saturated heterocycles. The van der Waals surface area contributed by atoms with Crippen molar-refractivity contribution in [3.8, 4) is 0 Å². The fraction of sp³-hybridized carbons (Fsp3) is 0.571. The fourth-order valence-electron chi connectivity index (χ4n) is 1.71. The van der Waals surface area contributed by atoms with E-state index >= 15 is 0 Å². The van der Waals surface area contributed by atoms with E-state index in [2.05, 4.69) is 10.3 Å². The SMILES string of the molecule is O=C(NCCCOCC1CC1)c1ccc(C(F)(F)F)nc1. The summed E-state index contributed by atoms with van der Waals surface area (Å²) in [7, 11) is 0. The molecule has 1 aromatic rings. The predicted molar refractivity (Wildman–Crippen MR) is 69.7 cm³/mol. The number of carbonyl (C=O) groups is 1. The van der Waals surface area contributed by atoms with Crippen LogP contribution in [0, 0.1) is 5.92 Å². The maximum Gasteiger partial charge on any atom is 0.433 e. The van der Waals surface area contributed by atoms with Crippen molar-refractivity contribution >= 4 is 5.91 Å². The van der Waals surface area contributed by atoms with Gasteiger partial charge in [0, 0.05) is 26.0 Å². The average Bonchev–Trinajstić information content (AvgIpc) is 3.26. The van der Waals surface area contributed by atoms with E-state index in [0.29, 0.717) is 25.5 Å². The third-order valence-electron chi connectivity index (χ3n) is 3.12. The second kappa shape index (κ2) is 6.89. The van der Waals surface area contributed by atoms with Gasteiger partial charge in [0.05, 0.1) is 5.56 Å². The van der Waals surface area contributed by atoms with Crippen molar-refractivity contribution in [3.63, 3.8) is 0 Å². The second-order valence-corrected chi connectivity index (χ2v) is 5.06. The lowest BCUT2D eigenvalue weighted by Crippen LogP contribution is -2.25. The Labute approximate surface area is 120 Å². The van der Waals surface area contributed by atoms with Crippen molar-refractivity contribution in [3.05, 3.63) is 29.6 Å². The molecule has 1 N–H and O–H groups in total. The quantitative estimate of drug-likeness (QED) is 0.788. The largest absolute Gasteiger partial charge is 0.433 e. The highest BCUT2D eigenvalue weighted by Crippen LogP contribution is 2.28. The van der Waals surface area contributed by atoms with Gasteiger partial charge in [0.2, 0.25) is 0 Å². The van der Waals surface area contributed by atoms with Gasteiger partial charge in [-0.2, -0.15) is 13.2 Å². The zero-order valence-electron chi connectivity index (χ0n) is 11.4. The van der Waals surface area contributed by atoms with Crippen molar-refractivity contribution in [2.24, 2.45) is 5.92 Å². The molecule has 1 aromatic heterocycles. The number of amides is 1. The molecule has 116 valence electrons. The van der Waals surface area contributed by atoms with Gasteiger partial charge in [-0.05, 0) is 37.3 Å². The Bertz CT molecular complexity index is 470. The number of hydrogen-bond donors (Lipinski definition) is 1. The van der Waals surface area contributed by atoms with Crippen LogP contribution in [-0.2, 0) is 10.9 Å². The monoisotopic (exact) mass is 302 g/mol. The summed E-state index contributed by atoms with van der Waals surface area (Å²) in [4.78, 5) is 14.9. The van der Waals surface area contributed by atoms with Crippen LogP contribution in [0.25, 0.3) is 0 Å². The highest BCUT2D eigenvalue weighted by atomic mass is 19.4. The van der Waals surface area contributed by atoms with Gasteiger partial charge in [0.25, 0.3) is 5.91 Å². The molecule has 1 aliphatic carbocycles. The van der Waals surface area contributed by atoms with Gasteiger partial charge in [-0.3, -0.25) is 9.78 Å². The molecule has 0 aliphatic heterocycles. The van der Waals surface area contributed by atoms with E-state index in [4.69, 9.17) is 4.74 Å². The molecular formula is C14H17F3N2O2. The minimum absolute atomic E-state index is 0.113. The van der Waals surface area contributed by atoms with Crippen LogP contribution in [0.1, 0.15) is 35.3 Å². The lowest BCUT2D eigenvalue weighted by atomic mass is 10.2. The minimum atomic E-state index is -4.49. The molecule has 1 heterocycles. The maximum atomic E-state index is 12.3. The number of nitrogens with one attached hydrogen (secondary N) is 1. The van der Waals surface area contributed by atoms with Gasteiger partial charge in [0.1, 0.15) is 5.69 Å². The standard InChI is InChI=1S/C14H17F3N2O2/c15-14(16,17)12-5-4-11(8-19-12)13(20)18-6-1-7-21-9-10-2-3-10/h4-5,8,10H,1-3,6-7,9H2,(H,18,20). The highest BCUT2D eigenvalue weighted by Gasteiger charge is 2.32. The Balaban J connectivity index is 1.67. The third-order valence-corrected chi connectivity index (χ3v) is 3.12. The molecule has 0 spiro atoms. The Kier molecular flexibility index (Phi) is 5.17. The molecule has 1 fully saturated rings. The van der Waals surface area contributed by atoms with E-state index in [1.165, 1.54) is 12.8 Å². The summed E-state index contributed by atoms with van der Waals surface area (Å²) in [5, 5.41) is 2.62. The first-order chi connectivity index (χ1) is 9.97. The molecule has 1 aliphatic rings. The van der Waals surface area contributed by atoms with E-state index in [-0.39, 0.29) is 5.56 Å². The number of rotatable bonds is 7. The van der Waals surface area contributed by atoms with Crippen LogP contribution in [0.5, 0.6) is 0 Å². The first-order valence-corrected chi connectivity index (χ1v) is 6.86. The molecule has 4 nitrogen and oxygen atoms in total. The third kappa shape index (κ3) is 5.34. The number of nitrogens with zero attached hydrogens (tertiary/aromatic N) is 1. The van der Waals surface area contributed by atoms with Gasteiger partial charge in [0.15, 0.2) is 0 Å². The zero-order chi connectivity index (χ0) is 15.3. The summed E-state index contributed by atoms with van der Waals surface area (Å²) in [5.41, 5.74) is -0.894. The lowest BCUT2D eigenvalue weighted by Gasteiger charge is -2.08. The highest BCUT2D eigenvalue weighted by molar-refractivity contribution is 5.93. The van der Waals surface area contributed by atoms with E-state index in [1.54, 1.807) is 0 Å². The van der Waals surface area contributed by atoms with Crippen LogP contribution in [0.2, 0.25) is 0 Å². The van der Waals surface area contributed by atoms with Crippen LogP contribution in [0.4, 0.5) is 13.2 Å². The molecule has 0 bridgehead atoms. The Morgan fingerprint density at radius 1 is 1.38 bits per heavy atom. The summed E-state index contributed by atoms with van der Waals surface area (Å²) in [6, 6.07) is 1.92. The smallest absolute Gasteiger partial charge is 0.381 e. The normalized spacial score (nSPS) is 15.0. The topological polar surface area (TPSA) is 51.2 Å². The summed E-state index contributed by atoms with van der Waals surface area (Å²) >= 11 is 0. The zero-order valence-corrected chi connectivity index (χ0v) is 11.4. The Morgan fingerprint density at radius 2 is 2.14 bits per heavy atom. The molecule has 2 rings (SSSR count). The summed E-state index contributed by atoms with van der Waals surface area (Å²) in [6.07, 6.45) is -0.419. The first-order valence-electron chi connectivity index (χ1n) is 6.86. The van der Waals surface area contributed by atoms with E-state index < -0.39 is 17.8 Å². The van der Waals surface area contributed by atoms with Gasteiger partial charge < -0.3 is 10.1 Å². The summed E-state index contributed by atoms with van der Waals surface area (Å²) in [6.45, 7) is 1.77. The molecule has 0 unspecified atom stereocenters. The molecule has 7 heteroatoms. The van der Waals surface area contributed by atoms with Crippen molar-refractivity contribution in [2.45, 2.75) is 25.4 Å². The molecular weight excluding hydrogens is 285 g/mol. The molecule has 0 radical (unpaired) electrons. The molecule has 21 heavy (non-hydrogen) atoms. The number of carbonyl (C=O) groups excluding carboxylic acids is 1.